The molecule has 1 aromatic heterocycles. The van der Waals surface area contributed by atoms with Crippen LogP contribution in [-0.2, 0) is 0 Å². The van der Waals surface area contributed by atoms with Gasteiger partial charge in [0.15, 0.2) is 0 Å². The van der Waals surface area contributed by atoms with Crippen molar-refractivity contribution in [3.05, 3.63) is 33.6 Å². The normalized spacial score (nSPS) is 10.2. The zero-order valence-corrected chi connectivity index (χ0v) is 7.28. The summed E-state index contributed by atoms with van der Waals surface area (Å²) in [5.41, 5.74) is 2.77. The highest BCUT2D eigenvalue weighted by molar-refractivity contribution is 7.73. The van der Waals surface area contributed by atoms with Gasteiger partial charge in [0, 0.05) is 5.39 Å². The van der Waals surface area contributed by atoms with Crippen LogP contribution in [-0.4, -0.2) is 4.98 Å². The molecule has 0 saturated heterocycles. The minimum atomic E-state index is 0.913. The molecule has 1 heterocycles. The molecule has 0 aliphatic carbocycles. The van der Waals surface area contributed by atoms with Gasteiger partial charge < -0.3 is 0 Å². The lowest BCUT2D eigenvalue weighted by atomic mass is 10.3. The van der Waals surface area contributed by atoms with E-state index in [0.717, 1.165) is 14.7 Å². The smallest absolute Gasteiger partial charge is 0.101 e. The van der Waals surface area contributed by atoms with Crippen molar-refractivity contribution in [2.24, 2.45) is 0 Å². The highest BCUT2D eigenvalue weighted by Gasteiger charge is 1.92. The SMILES string of the molecule is S=c1scnc2ccccc12. The largest absolute Gasteiger partial charge is 0.245 e. The first kappa shape index (κ1) is 6.88. The van der Waals surface area contributed by atoms with Gasteiger partial charge in [0.05, 0.1) is 11.0 Å². The maximum absolute atomic E-state index is 5.13. The van der Waals surface area contributed by atoms with Gasteiger partial charge in [-0.1, -0.05) is 30.4 Å². The van der Waals surface area contributed by atoms with Gasteiger partial charge in [0.25, 0.3) is 0 Å². The second-order valence-electron chi connectivity index (χ2n) is 2.16. The molecule has 0 radical (unpaired) electrons. The fourth-order valence-electron chi connectivity index (χ4n) is 0.953. The van der Waals surface area contributed by atoms with E-state index in [1.165, 1.54) is 11.3 Å². The van der Waals surface area contributed by atoms with Crippen molar-refractivity contribution in [1.29, 1.82) is 0 Å². The minimum Gasteiger partial charge on any atom is -0.245 e. The highest BCUT2D eigenvalue weighted by atomic mass is 32.1. The van der Waals surface area contributed by atoms with E-state index in [2.05, 4.69) is 4.98 Å². The van der Waals surface area contributed by atoms with E-state index in [1.54, 1.807) is 5.51 Å². The third-order valence-electron chi connectivity index (χ3n) is 1.48. The van der Waals surface area contributed by atoms with Crippen LogP contribution in [0.5, 0.6) is 0 Å². The summed E-state index contributed by atoms with van der Waals surface area (Å²) in [7, 11) is 0. The molecule has 0 bridgehead atoms. The van der Waals surface area contributed by atoms with Crippen molar-refractivity contribution in [3.8, 4) is 0 Å². The van der Waals surface area contributed by atoms with Crippen LogP contribution in [0.15, 0.2) is 29.8 Å². The van der Waals surface area contributed by atoms with E-state index < -0.39 is 0 Å². The molecule has 2 rings (SSSR count). The van der Waals surface area contributed by atoms with E-state index in [-0.39, 0.29) is 0 Å². The van der Waals surface area contributed by atoms with E-state index in [9.17, 15) is 0 Å². The molecule has 0 N–H and O–H groups in total. The summed E-state index contributed by atoms with van der Waals surface area (Å²) in [6, 6.07) is 7.92. The van der Waals surface area contributed by atoms with Crippen LogP contribution in [0, 0.1) is 3.82 Å². The summed E-state index contributed by atoms with van der Waals surface area (Å²) >= 11 is 6.63. The van der Waals surface area contributed by atoms with Crippen molar-refractivity contribution >= 4 is 34.5 Å². The van der Waals surface area contributed by atoms with E-state index in [0.29, 0.717) is 0 Å². The number of para-hydroxylation sites is 1. The minimum absolute atomic E-state index is 0.913. The van der Waals surface area contributed by atoms with E-state index >= 15 is 0 Å². The number of fused-ring (bicyclic) bond motifs is 1. The number of rotatable bonds is 0. The molecule has 2 aromatic rings. The number of aromatic nitrogens is 1. The lowest BCUT2D eigenvalue weighted by Gasteiger charge is -1.92. The summed E-state index contributed by atoms with van der Waals surface area (Å²) in [4.78, 5) is 4.19. The standard InChI is InChI=1S/C8H5NS2/c10-8-6-3-1-2-4-7(6)9-5-11-8/h1-5H. The highest BCUT2D eigenvalue weighted by Crippen LogP contribution is 2.14. The maximum Gasteiger partial charge on any atom is 0.101 e. The van der Waals surface area contributed by atoms with Crippen LogP contribution in [0.25, 0.3) is 10.9 Å². The van der Waals surface area contributed by atoms with Gasteiger partial charge >= 0.3 is 0 Å². The Hall–Kier alpha value is -0.800. The lowest BCUT2D eigenvalue weighted by molar-refractivity contribution is 1.47. The zero-order chi connectivity index (χ0) is 7.68. The van der Waals surface area contributed by atoms with Crippen LogP contribution in [0.2, 0.25) is 0 Å². The molecule has 1 aromatic carbocycles. The number of hydrogen-bond donors (Lipinski definition) is 0. The Bertz CT molecular complexity index is 428. The molecular formula is C8H5NS2. The van der Waals surface area contributed by atoms with Gasteiger partial charge in [-0.3, -0.25) is 0 Å². The Morgan fingerprint density at radius 2 is 2.09 bits per heavy atom. The molecule has 0 unspecified atom stereocenters. The fraction of sp³-hybridized carbons (Fsp3) is 0. The molecule has 11 heavy (non-hydrogen) atoms. The molecule has 0 atom stereocenters. The Kier molecular flexibility index (Phi) is 1.68. The Labute approximate surface area is 73.3 Å². The predicted molar refractivity (Wildman–Crippen MR) is 50.5 cm³/mol. The molecule has 0 spiro atoms. The number of nitrogens with zero attached hydrogens (tertiary/aromatic N) is 1. The lowest BCUT2D eigenvalue weighted by Crippen LogP contribution is -1.73. The Morgan fingerprint density at radius 3 is 2.91 bits per heavy atom. The fourth-order valence-corrected chi connectivity index (χ4v) is 1.82. The summed E-state index contributed by atoms with van der Waals surface area (Å²) in [6.07, 6.45) is 0. The molecule has 1 nitrogen and oxygen atoms in total. The molecule has 54 valence electrons. The van der Waals surface area contributed by atoms with Crippen LogP contribution >= 0.6 is 23.6 Å². The van der Waals surface area contributed by atoms with Crippen LogP contribution in [0.3, 0.4) is 0 Å². The van der Waals surface area contributed by atoms with Gasteiger partial charge in [-0.25, -0.2) is 4.98 Å². The Balaban J connectivity index is 3.03. The van der Waals surface area contributed by atoms with Gasteiger partial charge in [-0.05, 0) is 6.07 Å². The topological polar surface area (TPSA) is 12.9 Å². The van der Waals surface area contributed by atoms with Gasteiger partial charge in [-0.15, -0.1) is 11.3 Å². The monoisotopic (exact) mass is 179 g/mol. The van der Waals surface area contributed by atoms with Gasteiger partial charge in [0.2, 0.25) is 0 Å². The Morgan fingerprint density at radius 1 is 1.27 bits per heavy atom. The molecule has 0 amide bonds. The first-order chi connectivity index (χ1) is 5.38. The molecular weight excluding hydrogens is 174 g/mol. The molecule has 0 saturated carbocycles. The molecule has 3 heteroatoms. The average Bonchev–Trinajstić information content (AvgIpc) is 2.06. The van der Waals surface area contributed by atoms with Gasteiger partial charge in [0.1, 0.15) is 3.82 Å². The quantitative estimate of drug-likeness (QED) is 0.576. The summed E-state index contributed by atoms with van der Waals surface area (Å²) < 4.78 is 0.913. The van der Waals surface area contributed by atoms with Crippen molar-refractivity contribution < 1.29 is 0 Å². The summed E-state index contributed by atoms with van der Waals surface area (Å²) in [6.45, 7) is 0. The van der Waals surface area contributed by atoms with Crippen molar-refractivity contribution in [2.45, 2.75) is 0 Å². The second-order valence-corrected chi connectivity index (χ2v) is 3.68. The predicted octanol–water partition coefficient (Wildman–Crippen LogP) is 3.03. The third kappa shape index (κ3) is 1.17. The van der Waals surface area contributed by atoms with Crippen LogP contribution < -0.4 is 0 Å². The first-order valence-electron chi connectivity index (χ1n) is 3.20. The summed E-state index contributed by atoms with van der Waals surface area (Å²) in [5, 5.41) is 1.08. The van der Waals surface area contributed by atoms with Crippen molar-refractivity contribution in [1.82, 2.24) is 4.98 Å². The molecule has 0 aliphatic rings. The molecule has 0 fully saturated rings. The number of hydrogen-bond acceptors (Lipinski definition) is 3. The van der Waals surface area contributed by atoms with Crippen molar-refractivity contribution in [2.75, 3.05) is 0 Å². The average molecular weight is 179 g/mol. The third-order valence-corrected chi connectivity index (χ3v) is 2.63. The van der Waals surface area contributed by atoms with Crippen molar-refractivity contribution in [3.63, 3.8) is 0 Å². The van der Waals surface area contributed by atoms with Crippen LogP contribution in [0.4, 0.5) is 0 Å². The maximum atomic E-state index is 5.13. The summed E-state index contributed by atoms with van der Waals surface area (Å²) in [5.74, 6) is 0. The second kappa shape index (κ2) is 2.68. The van der Waals surface area contributed by atoms with E-state index in [1.807, 2.05) is 24.3 Å². The van der Waals surface area contributed by atoms with Crippen LogP contribution in [0.1, 0.15) is 0 Å². The number of benzene rings is 1. The van der Waals surface area contributed by atoms with Gasteiger partial charge in [-0.2, -0.15) is 0 Å². The van der Waals surface area contributed by atoms with E-state index in [4.69, 9.17) is 12.2 Å². The first-order valence-corrected chi connectivity index (χ1v) is 4.49. The molecule has 0 aliphatic heterocycles. The zero-order valence-electron chi connectivity index (χ0n) is 5.65.